The van der Waals surface area contributed by atoms with Crippen molar-refractivity contribution in [1.29, 1.82) is 0 Å². The van der Waals surface area contributed by atoms with Gasteiger partial charge in [-0.2, -0.15) is 5.10 Å². The Hall–Kier alpha value is -0.940. The summed E-state index contributed by atoms with van der Waals surface area (Å²) in [4.78, 5) is 6.52. The van der Waals surface area contributed by atoms with Gasteiger partial charge in [-0.3, -0.25) is 4.68 Å². The van der Waals surface area contributed by atoms with Crippen molar-refractivity contribution in [2.45, 2.75) is 18.4 Å². The number of hydrogen-bond acceptors (Lipinski definition) is 4. The third kappa shape index (κ3) is 1.93. The van der Waals surface area contributed by atoms with E-state index in [9.17, 15) is 0 Å². The molecule has 0 amide bonds. The molecule has 2 heterocycles. The van der Waals surface area contributed by atoms with Gasteiger partial charge in [-0.15, -0.1) is 0 Å². The van der Waals surface area contributed by atoms with Gasteiger partial charge in [0.25, 0.3) is 0 Å². The first kappa shape index (κ1) is 9.61. The van der Waals surface area contributed by atoms with Gasteiger partial charge in [-0.1, -0.05) is 0 Å². The minimum Gasteiger partial charge on any atom is -0.327 e. The fourth-order valence-electron chi connectivity index (χ4n) is 2.10. The molecule has 1 fully saturated rings. The molecule has 1 aliphatic rings. The first-order valence-corrected chi connectivity index (χ1v) is 4.95. The molecule has 2 N–H and O–H groups in total. The van der Waals surface area contributed by atoms with Crippen LogP contribution >= 0.6 is 0 Å². The average Bonchev–Trinajstić information content (AvgIpc) is 2.50. The Bertz CT molecular complexity index is 298. The van der Waals surface area contributed by atoms with Crippen LogP contribution in [-0.2, 0) is 7.05 Å². The third-order valence-corrected chi connectivity index (χ3v) is 2.65. The van der Waals surface area contributed by atoms with Crippen LogP contribution in [0.25, 0.3) is 0 Å². The van der Waals surface area contributed by atoms with Crippen molar-refractivity contribution in [3.63, 3.8) is 0 Å². The lowest BCUT2D eigenvalue weighted by Crippen LogP contribution is -2.44. The van der Waals surface area contributed by atoms with Gasteiger partial charge in [0.2, 0.25) is 0 Å². The number of aromatic nitrogens is 3. The summed E-state index contributed by atoms with van der Waals surface area (Å²) in [5, 5.41) is 4.33. The number of aryl methyl sites for hydroxylation is 1. The van der Waals surface area contributed by atoms with Gasteiger partial charge in [-0.05, 0) is 13.5 Å². The van der Waals surface area contributed by atoms with Crippen molar-refractivity contribution in [1.82, 2.24) is 19.7 Å². The van der Waals surface area contributed by atoms with Crippen molar-refractivity contribution in [2.75, 3.05) is 20.1 Å². The van der Waals surface area contributed by atoms with Crippen LogP contribution in [0.1, 0.15) is 18.2 Å². The molecule has 2 atom stereocenters. The predicted molar refractivity (Wildman–Crippen MR) is 53.8 cm³/mol. The van der Waals surface area contributed by atoms with Gasteiger partial charge in [-0.25, -0.2) is 4.98 Å². The second-order valence-corrected chi connectivity index (χ2v) is 4.19. The van der Waals surface area contributed by atoms with Gasteiger partial charge >= 0.3 is 0 Å². The molecule has 1 aromatic rings. The zero-order chi connectivity index (χ0) is 10.1. The Morgan fingerprint density at radius 3 is 2.79 bits per heavy atom. The summed E-state index contributed by atoms with van der Waals surface area (Å²) in [5.41, 5.74) is 5.96. The maximum atomic E-state index is 5.96. The molecule has 2 rings (SSSR count). The van der Waals surface area contributed by atoms with Crippen LogP contribution in [-0.4, -0.2) is 45.8 Å². The van der Waals surface area contributed by atoms with Crippen LogP contribution in [0.3, 0.4) is 0 Å². The van der Waals surface area contributed by atoms with Crippen molar-refractivity contribution in [2.24, 2.45) is 12.8 Å². The van der Waals surface area contributed by atoms with E-state index in [0.717, 1.165) is 25.3 Å². The number of nitrogens with zero attached hydrogens (tertiary/aromatic N) is 4. The van der Waals surface area contributed by atoms with E-state index in [-0.39, 0.29) is 6.04 Å². The zero-order valence-electron chi connectivity index (χ0n) is 8.72. The van der Waals surface area contributed by atoms with E-state index >= 15 is 0 Å². The molecule has 78 valence electrons. The Morgan fingerprint density at radius 1 is 1.43 bits per heavy atom. The predicted octanol–water partition coefficient (Wildman–Crippen LogP) is -0.438. The van der Waals surface area contributed by atoms with E-state index in [1.807, 2.05) is 7.05 Å². The maximum Gasteiger partial charge on any atom is 0.154 e. The molecule has 0 aromatic carbocycles. The fourth-order valence-corrected chi connectivity index (χ4v) is 2.10. The highest BCUT2D eigenvalue weighted by Crippen LogP contribution is 2.22. The van der Waals surface area contributed by atoms with E-state index in [1.54, 1.807) is 11.0 Å². The highest BCUT2D eigenvalue weighted by atomic mass is 15.3. The maximum absolute atomic E-state index is 5.96. The van der Waals surface area contributed by atoms with Crippen LogP contribution in [0.2, 0.25) is 0 Å². The molecular formula is C9H17N5. The van der Waals surface area contributed by atoms with Crippen molar-refractivity contribution < 1.29 is 0 Å². The average molecular weight is 195 g/mol. The standard InChI is InChI=1S/C9H17N5/c1-13-4-7(3-8(10)5-13)9-11-6-14(2)12-9/h6-8H,3-5,10H2,1-2H3. The summed E-state index contributed by atoms with van der Waals surface area (Å²) in [5.74, 6) is 1.32. The largest absolute Gasteiger partial charge is 0.327 e. The minimum atomic E-state index is 0.252. The molecule has 0 saturated carbocycles. The molecular weight excluding hydrogens is 178 g/mol. The number of nitrogens with two attached hydrogens (primary N) is 1. The van der Waals surface area contributed by atoms with Gasteiger partial charge in [0, 0.05) is 32.1 Å². The summed E-state index contributed by atoms with van der Waals surface area (Å²) in [6.45, 7) is 1.99. The highest BCUT2D eigenvalue weighted by molar-refractivity contribution is 4.99. The van der Waals surface area contributed by atoms with E-state index in [1.165, 1.54) is 0 Å². The van der Waals surface area contributed by atoms with E-state index in [0.29, 0.717) is 5.92 Å². The third-order valence-electron chi connectivity index (χ3n) is 2.65. The Labute approximate surface area is 83.9 Å². The molecule has 1 aromatic heterocycles. The van der Waals surface area contributed by atoms with Gasteiger partial charge in [0.15, 0.2) is 5.82 Å². The SMILES string of the molecule is CN1CC(N)CC(c2ncn(C)n2)C1. The topological polar surface area (TPSA) is 60.0 Å². The van der Waals surface area contributed by atoms with Gasteiger partial charge in [0.1, 0.15) is 6.33 Å². The second-order valence-electron chi connectivity index (χ2n) is 4.19. The van der Waals surface area contributed by atoms with Crippen LogP contribution in [0.5, 0.6) is 0 Å². The van der Waals surface area contributed by atoms with Crippen molar-refractivity contribution >= 4 is 0 Å². The summed E-state index contributed by atoms with van der Waals surface area (Å²) in [7, 11) is 3.98. The normalized spacial score (nSPS) is 29.4. The molecule has 5 nitrogen and oxygen atoms in total. The van der Waals surface area contributed by atoms with Crippen molar-refractivity contribution in [3.8, 4) is 0 Å². The number of hydrogen-bond donors (Lipinski definition) is 1. The molecule has 5 heteroatoms. The monoisotopic (exact) mass is 195 g/mol. The summed E-state index contributed by atoms with van der Waals surface area (Å²) in [6, 6.07) is 0.252. The number of piperidine rings is 1. The van der Waals surface area contributed by atoms with Crippen LogP contribution in [0.15, 0.2) is 6.33 Å². The van der Waals surface area contributed by atoms with Crippen LogP contribution in [0.4, 0.5) is 0 Å². The molecule has 0 spiro atoms. The zero-order valence-corrected chi connectivity index (χ0v) is 8.72. The lowest BCUT2D eigenvalue weighted by Gasteiger charge is -2.32. The first-order chi connectivity index (χ1) is 6.65. The first-order valence-electron chi connectivity index (χ1n) is 4.95. The number of likely N-dealkylation sites (N-methyl/N-ethyl adjacent to an activating group) is 1. The van der Waals surface area contributed by atoms with Crippen LogP contribution in [0, 0.1) is 0 Å². The van der Waals surface area contributed by atoms with Gasteiger partial charge in [0.05, 0.1) is 0 Å². The highest BCUT2D eigenvalue weighted by Gasteiger charge is 2.26. The Morgan fingerprint density at radius 2 is 2.21 bits per heavy atom. The molecule has 0 bridgehead atoms. The quantitative estimate of drug-likeness (QED) is 0.660. The van der Waals surface area contributed by atoms with E-state index in [2.05, 4.69) is 22.0 Å². The number of rotatable bonds is 1. The van der Waals surface area contributed by atoms with Crippen LogP contribution < -0.4 is 5.73 Å². The lowest BCUT2D eigenvalue weighted by atomic mass is 9.94. The van der Waals surface area contributed by atoms with E-state index < -0.39 is 0 Å². The summed E-state index contributed by atoms with van der Waals surface area (Å²) in [6.07, 6.45) is 2.74. The smallest absolute Gasteiger partial charge is 0.154 e. The fraction of sp³-hybridized carbons (Fsp3) is 0.778. The molecule has 14 heavy (non-hydrogen) atoms. The molecule has 0 radical (unpaired) electrons. The Balaban J connectivity index is 2.10. The lowest BCUT2D eigenvalue weighted by molar-refractivity contribution is 0.222. The molecule has 0 aliphatic carbocycles. The summed E-state index contributed by atoms with van der Waals surface area (Å²) < 4.78 is 1.75. The van der Waals surface area contributed by atoms with E-state index in [4.69, 9.17) is 5.73 Å². The second kappa shape index (κ2) is 3.67. The summed E-state index contributed by atoms with van der Waals surface area (Å²) >= 11 is 0. The van der Waals surface area contributed by atoms with Crippen molar-refractivity contribution in [3.05, 3.63) is 12.2 Å². The van der Waals surface area contributed by atoms with Gasteiger partial charge < -0.3 is 10.6 Å². The Kier molecular flexibility index (Phi) is 2.52. The molecule has 1 saturated heterocycles. The minimum absolute atomic E-state index is 0.252. The number of likely N-dealkylation sites (tertiary alicyclic amines) is 1. The molecule has 1 aliphatic heterocycles. The molecule has 2 unspecified atom stereocenters.